The molecule has 1 amide bonds. The Kier molecular flexibility index (Phi) is 8.22. The molecule has 118 valence electrons. The Bertz CT molecular complexity index is 336. The Morgan fingerprint density at radius 3 is 2.40 bits per heavy atom. The molecule has 0 aliphatic carbocycles. The van der Waals surface area contributed by atoms with Crippen molar-refractivity contribution >= 4 is 36.0 Å². The van der Waals surface area contributed by atoms with Crippen molar-refractivity contribution in [3.05, 3.63) is 0 Å². The van der Waals surface area contributed by atoms with Gasteiger partial charge in [-0.1, -0.05) is 0 Å². The van der Waals surface area contributed by atoms with Crippen molar-refractivity contribution in [3.8, 4) is 0 Å². The zero-order valence-electron chi connectivity index (χ0n) is 13.0. The molecule has 0 atom stereocenters. The van der Waals surface area contributed by atoms with E-state index in [0.717, 1.165) is 19.0 Å². The summed E-state index contributed by atoms with van der Waals surface area (Å²) in [7, 11) is 0. The van der Waals surface area contributed by atoms with Crippen LogP contribution in [0.4, 0.5) is 4.79 Å². The maximum Gasteiger partial charge on any atom is 0.410 e. The summed E-state index contributed by atoms with van der Waals surface area (Å²) in [5.74, 6) is 0.804. The van der Waals surface area contributed by atoms with Crippen molar-refractivity contribution in [2.75, 3.05) is 26.2 Å². The minimum absolute atomic E-state index is 0. The van der Waals surface area contributed by atoms with Gasteiger partial charge in [0.15, 0.2) is 5.96 Å². The number of halogens is 1. The highest BCUT2D eigenvalue weighted by Crippen LogP contribution is 2.14. The summed E-state index contributed by atoms with van der Waals surface area (Å²) in [5.41, 5.74) is -0.436. The first-order valence-electron chi connectivity index (χ1n) is 6.88. The van der Waals surface area contributed by atoms with E-state index < -0.39 is 5.60 Å². The maximum atomic E-state index is 11.8. The standard InChI is InChI=1S/C13H26N4O2.HI/c1-6-14-11(15-7-2)16-10-8-17(9-10)12(18)19-13(3,4)5;/h10H,6-9H2,1-5H3,(H2,14,15,16);1H. The van der Waals surface area contributed by atoms with E-state index in [9.17, 15) is 4.79 Å². The molecular formula is C13H27IN4O2. The lowest BCUT2D eigenvalue weighted by Crippen LogP contribution is -2.63. The van der Waals surface area contributed by atoms with Crippen LogP contribution in [0.25, 0.3) is 0 Å². The predicted molar refractivity (Wildman–Crippen MR) is 91.8 cm³/mol. The van der Waals surface area contributed by atoms with Crippen LogP contribution in [0.1, 0.15) is 34.6 Å². The number of nitrogens with zero attached hydrogens (tertiary/aromatic N) is 2. The van der Waals surface area contributed by atoms with Crippen LogP contribution >= 0.6 is 24.0 Å². The molecule has 0 unspecified atom stereocenters. The molecule has 2 N–H and O–H groups in total. The van der Waals surface area contributed by atoms with Gasteiger partial charge in [-0.05, 0) is 34.6 Å². The van der Waals surface area contributed by atoms with Crippen molar-refractivity contribution in [1.82, 2.24) is 15.5 Å². The first-order chi connectivity index (χ1) is 8.85. The van der Waals surface area contributed by atoms with Gasteiger partial charge in [0.25, 0.3) is 0 Å². The van der Waals surface area contributed by atoms with E-state index in [1.54, 1.807) is 4.90 Å². The van der Waals surface area contributed by atoms with Gasteiger partial charge in [-0.15, -0.1) is 24.0 Å². The van der Waals surface area contributed by atoms with E-state index >= 15 is 0 Å². The molecule has 0 spiro atoms. The number of carbonyl (C=O) groups excluding carboxylic acids is 1. The third-order valence-corrected chi connectivity index (χ3v) is 2.53. The Morgan fingerprint density at radius 2 is 1.95 bits per heavy atom. The third kappa shape index (κ3) is 6.62. The third-order valence-electron chi connectivity index (χ3n) is 2.53. The fourth-order valence-corrected chi connectivity index (χ4v) is 1.72. The van der Waals surface area contributed by atoms with Crippen LogP contribution in [0.2, 0.25) is 0 Å². The second-order valence-electron chi connectivity index (χ2n) is 5.58. The van der Waals surface area contributed by atoms with Crippen LogP contribution in [0, 0.1) is 0 Å². The van der Waals surface area contributed by atoms with Crippen molar-refractivity contribution in [2.24, 2.45) is 4.99 Å². The molecular weight excluding hydrogens is 371 g/mol. The summed E-state index contributed by atoms with van der Waals surface area (Å²) < 4.78 is 5.30. The molecule has 1 saturated heterocycles. The number of rotatable bonds is 3. The number of ether oxygens (including phenoxy) is 1. The summed E-state index contributed by atoms with van der Waals surface area (Å²) >= 11 is 0. The lowest BCUT2D eigenvalue weighted by atomic mass is 10.1. The minimum atomic E-state index is -0.436. The van der Waals surface area contributed by atoms with Gasteiger partial charge in [-0.2, -0.15) is 0 Å². The number of hydrogen-bond donors (Lipinski definition) is 2. The monoisotopic (exact) mass is 398 g/mol. The topological polar surface area (TPSA) is 66.0 Å². The number of amides is 1. The quantitative estimate of drug-likeness (QED) is 0.432. The predicted octanol–water partition coefficient (Wildman–Crippen LogP) is 1.80. The number of aliphatic imine (C=N–C) groups is 1. The molecule has 0 saturated carbocycles. The normalized spacial score (nSPS) is 16.1. The molecule has 1 heterocycles. The van der Waals surface area contributed by atoms with Crippen molar-refractivity contribution in [2.45, 2.75) is 46.3 Å². The fraction of sp³-hybridized carbons (Fsp3) is 0.846. The highest BCUT2D eigenvalue weighted by Gasteiger charge is 2.34. The van der Waals surface area contributed by atoms with Crippen molar-refractivity contribution in [3.63, 3.8) is 0 Å². The fourth-order valence-electron chi connectivity index (χ4n) is 1.72. The van der Waals surface area contributed by atoms with E-state index in [1.807, 2.05) is 34.6 Å². The zero-order valence-corrected chi connectivity index (χ0v) is 15.4. The lowest BCUT2D eigenvalue weighted by Gasteiger charge is -2.40. The second-order valence-corrected chi connectivity index (χ2v) is 5.58. The Hall–Kier alpha value is -0.730. The van der Waals surface area contributed by atoms with E-state index in [1.165, 1.54) is 0 Å². The molecule has 0 aromatic heterocycles. The molecule has 0 bridgehead atoms. The number of guanidine groups is 1. The largest absolute Gasteiger partial charge is 0.444 e. The van der Waals surface area contributed by atoms with Crippen LogP contribution in [0.3, 0.4) is 0 Å². The Labute approximate surface area is 138 Å². The molecule has 0 aromatic carbocycles. The van der Waals surface area contributed by atoms with Crippen LogP contribution < -0.4 is 10.6 Å². The molecule has 1 fully saturated rings. The molecule has 0 aromatic rings. The summed E-state index contributed by atoms with van der Waals surface area (Å²) in [6, 6.07) is 0.247. The first-order valence-corrected chi connectivity index (χ1v) is 6.88. The average molecular weight is 398 g/mol. The Morgan fingerprint density at radius 1 is 1.35 bits per heavy atom. The smallest absolute Gasteiger partial charge is 0.410 e. The van der Waals surface area contributed by atoms with E-state index in [0.29, 0.717) is 13.1 Å². The molecule has 0 radical (unpaired) electrons. The van der Waals surface area contributed by atoms with Crippen LogP contribution in [-0.4, -0.2) is 54.8 Å². The molecule has 1 aliphatic rings. The van der Waals surface area contributed by atoms with Gasteiger partial charge in [-0.25, -0.2) is 4.79 Å². The van der Waals surface area contributed by atoms with Crippen LogP contribution in [0.15, 0.2) is 4.99 Å². The van der Waals surface area contributed by atoms with Gasteiger partial charge in [-0.3, -0.25) is 4.99 Å². The average Bonchev–Trinajstić information content (AvgIpc) is 2.20. The molecule has 20 heavy (non-hydrogen) atoms. The SMILES string of the molecule is CCN=C(NCC)NC1CN(C(=O)OC(C)(C)C)C1.I. The van der Waals surface area contributed by atoms with Crippen molar-refractivity contribution in [1.29, 1.82) is 0 Å². The van der Waals surface area contributed by atoms with Gasteiger partial charge >= 0.3 is 6.09 Å². The van der Waals surface area contributed by atoms with E-state index in [4.69, 9.17) is 4.74 Å². The highest BCUT2D eigenvalue weighted by atomic mass is 127. The summed E-state index contributed by atoms with van der Waals surface area (Å²) in [4.78, 5) is 17.8. The van der Waals surface area contributed by atoms with Gasteiger partial charge < -0.3 is 20.3 Å². The molecule has 6 nitrogen and oxygen atoms in total. The van der Waals surface area contributed by atoms with Gasteiger partial charge in [0.2, 0.25) is 0 Å². The number of hydrogen-bond acceptors (Lipinski definition) is 3. The summed E-state index contributed by atoms with van der Waals surface area (Å²) in [6.45, 7) is 12.5. The van der Waals surface area contributed by atoms with E-state index in [-0.39, 0.29) is 36.1 Å². The van der Waals surface area contributed by atoms with Crippen LogP contribution in [-0.2, 0) is 4.74 Å². The van der Waals surface area contributed by atoms with E-state index in [2.05, 4.69) is 15.6 Å². The molecule has 1 aliphatic heterocycles. The Balaban J connectivity index is 0.00000361. The van der Waals surface area contributed by atoms with Crippen LogP contribution in [0.5, 0.6) is 0 Å². The zero-order chi connectivity index (χ0) is 14.5. The summed E-state index contributed by atoms with van der Waals surface area (Å²) in [5, 5.41) is 6.46. The first kappa shape index (κ1) is 19.3. The van der Waals surface area contributed by atoms with Crippen molar-refractivity contribution < 1.29 is 9.53 Å². The maximum absolute atomic E-state index is 11.8. The molecule has 1 rings (SSSR count). The van der Waals surface area contributed by atoms with Gasteiger partial charge in [0.1, 0.15) is 5.60 Å². The highest BCUT2D eigenvalue weighted by molar-refractivity contribution is 14.0. The van der Waals surface area contributed by atoms with Gasteiger partial charge in [0, 0.05) is 26.2 Å². The second kappa shape index (κ2) is 8.53. The number of likely N-dealkylation sites (tertiary alicyclic amines) is 1. The minimum Gasteiger partial charge on any atom is -0.444 e. The lowest BCUT2D eigenvalue weighted by molar-refractivity contribution is 0.00701. The molecule has 7 heteroatoms. The number of nitrogens with one attached hydrogen (secondary N) is 2. The number of carbonyl (C=O) groups is 1. The van der Waals surface area contributed by atoms with Gasteiger partial charge in [0.05, 0.1) is 6.04 Å². The summed E-state index contributed by atoms with van der Waals surface area (Å²) in [6.07, 6.45) is -0.247.